The Morgan fingerprint density at radius 3 is 2.50 bits per heavy atom. The summed E-state index contributed by atoms with van der Waals surface area (Å²) in [5, 5.41) is 7.68. The predicted octanol–water partition coefficient (Wildman–Crippen LogP) is 3.15. The molecular formula is C14H23N3O. The highest BCUT2D eigenvalue weighted by Crippen LogP contribution is 2.30. The van der Waals surface area contributed by atoms with Crippen molar-refractivity contribution in [2.24, 2.45) is 0 Å². The fourth-order valence-corrected chi connectivity index (χ4v) is 3.23. The highest BCUT2D eigenvalue weighted by atomic mass is 16.5. The molecule has 0 radical (unpaired) electrons. The Balaban J connectivity index is 1.52. The van der Waals surface area contributed by atoms with E-state index in [1.807, 2.05) is 0 Å². The van der Waals surface area contributed by atoms with Gasteiger partial charge in [0.1, 0.15) is 0 Å². The van der Waals surface area contributed by atoms with Gasteiger partial charge < -0.3 is 9.84 Å². The van der Waals surface area contributed by atoms with Crippen molar-refractivity contribution in [3.63, 3.8) is 0 Å². The Bertz CT molecular complexity index is 365. The van der Waals surface area contributed by atoms with Crippen LogP contribution in [0.25, 0.3) is 0 Å². The number of rotatable bonds is 4. The van der Waals surface area contributed by atoms with Gasteiger partial charge in [0.15, 0.2) is 5.82 Å². The van der Waals surface area contributed by atoms with Crippen LogP contribution in [0.3, 0.4) is 0 Å². The molecule has 0 aliphatic heterocycles. The topological polar surface area (TPSA) is 51.0 Å². The molecule has 0 saturated heterocycles. The van der Waals surface area contributed by atoms with E-state index in [-0.39, 0.29) is 0 Å². The molecule has 4 heteroatoms. The van der Waals surface area contributed by atoms with Gasteiger partial charge in [-0.1, -0.05) is 37.3 Å². The Hall–Kier alpha value is -0.900. The first-order valence-corrected chi connectivity index (χ1v) is 7.47. The number of hydrogen-bond acceptors (Lipinski definition) is 4. The smallest absolute Gasteiger partial charge is 0.240 e. The van der Waals surface area contributed by atoms with E-state index in [1.54, 1.807) is 0 Å². The van der Waals surface area contributed by atoms with E-state index in [1.165, 1.54) is 57.8 Å². The van der Waals surface area contributed by atoms with Crippen LogP contribution in [0.5, 0.6) is 0 Å². The molecule has 0 aromatic carbocycles. The van der Waals surface area contributed by atoms with Crippen LogP contribution in [-0.4, -0.2) is 16.2 Å². The molecule has 3 rings (SSSR count). The van der Waals surface area contributed by atoms with E-state index in [0.717, 1.165) is 18.3 Å². The van der Waals surface area contributed by atoms with Crippen molar-refractivity contribution in [1.29, 1.82) is 0 Å². The molecule has 18 heavy (non-hydrogen) atoms. The summed E-state index contributed by atoms with van der Waals surface area (Å²) >= 11 is 0. The van der Waals surface area contributed by atoms with E-state index in [0.29, 0.717) is 12.0 Å². The summed E-state index contributed by atoms with van der Waals surface area (Å²) in [6.45, 7) is 0.740. The monoisotopic (exact) mass is 249 g/mol. The van der Waals surface area contributed by atoms with Crippen molar-refractivity contribution in [2.75, 3.05) is 0 Å². The van der Waals surface area contributed by atoms with Crippen LogP contribution in [0.2, 0.25) is 0 Å². The Morgan fingerprint density at radius 1 is 1.00 bits per heavy atom. The van der Waals surface area contributed by atoms with Crippen molar-refractivity contribution in [3.8, 4) is 0 Å². The van der Waals surface area contributed by atoms with Gasteiger partial charge in [-0.3, -0.25) is 0 Å². The van der Waals surface area contributed by atoms with Crippen LogP contribution in [0.4, 0.5) is 0 Å². The lowest BCUT2D eigenvalue weighted by atomic mass is 9.89. The van der Waals surface area contributed by atoms with E-state index in [9.17, 15) is 0 Å². The number of hydrogen-bond donors (Lipinski definition) is 1. The normalized spacial score (nSPS) is 22.7. The van der Waals surface area contributed by atoms with Gasteiger partial charge in [-0.25, -0.2) is 0 Å². The standard InChI is InChI=1S/C14H23N3O/c1-2-6-11(7-3-1)14-16-13(18-17-14)10-15-12-8-4-5-9-12/h11-12,15H,1-10H2. The van der Waals surface area contributed by atoms with Gasteiger partial charge in [0.05, 0.1) is 6.54 Å². The highest BCUT2D eigenvalue weighted by Gasteiger charge is 2.21. The van der Waals surface area contributed by atoms with Crippen LogP contribution in [0.1, 0.15) is 75.4 Å². The maximum absolute atomic E-state index is 5.35. The van der Waals surface area contributed by atoms with Gasteiger partial charge in [0.25, 0.3) is 0 Å². The molecule has 2 aliphatic rings. The van der Waals surface area contributed by atoms with E-state index < -0.39 is 0 Å². The fourth-order valence-electron chi connectivity index (χ4n) is 3.23. The zero-order valence-corrected chi connectivity index (χ0v) is 11.0. The van der Waals surface area contributed by atoms with Gasteiger partial charge in [-0.15, -0.1) is 0 Å². The van der Waals surface area contributed by atoms with Crippen molar-refractivity contribution >= 4 is 0 Å². The molecule has 0 unspecified atom stereocenters. The molecule has 1 aromatic rings. The highest BCUT2D eigenvalue weighted by molar-refractivity contribution is 4.97. The van der Waals surface area contributed by atoms with Crippen LogP contribution >= 0.6 is 0 Å². The molecule has 2 fully saturated rings. The first kappa shape index (κ1) is 12.2. The maximum atomic E-state index is 5.35. The molecule has 2 aliphatic carbocycles. The summed E-state index contributed by atoms with van der Waals surface area (Å²) in [7, 11) is 0. The van der Waals surface area contributed by atoms with Crippen molar-refractivity contribution < 1.29 is 4.52 Å². The van der Waals surface area contributed by atoms with Gasteiger partial charge in [0.2, 0.25) is 5.89 Å². The van der Waals surface area contributed by atoms with Crippen LogP contribution in [-0.2, 0) is 6.54 Å². The second-order valence-corrected chi connectivity index (χ2v) is 5.74. The first-order chi connectivity index (χ1) is 8.92. The third kappa shape index (κ3) is 2.91. The Labute approximate surface area is 109 Å². The predicted molar refractivity (Wildman–Crippen MR) is 69.2 cm³/mol. The lowest BCUT2D eigenvalue weighted by Gasteiger charge is -2.17. The van der Waals surface area contributed by atoms with Gasteiger partial charge >= 0.3 is 0 Å². The molecule has 100 valence electrons. The third-order valence-corrected chi connectivity index (χ3v) is 4.35. The third-order valence-electron chi connectivity index (χ3n) is 4.35. The summed E-state index contributed by atoms with van der Waals surface area (Å²) in [6.07, 6.45) is 11.8. The molecule has 0 amide bonds. The summed E-state index contributed by atoms with van der Waals surface area (Å²) in [4.78, 5) is 4.55. The molecule has 0 bridgehead atoms. The average Bonchev–Trinajstić information content (AvgIpc) is 3.09. The van der Waals surface area contributed by atoms with Gasteiger partial charge in [0, 0.05) is 12.0 Å². The van der Waals surface area contributed by atoms with Crippen LogP contribution in [0, 0.1) is 0 Å². The second kappa shape index (κ2) is 5.83. The van der Waals surface area contributed by atoms with E-state index in [2.05, 4.69) is 15.5 Å². The SMILES string of the molecule is C1CCC(c2noc(CNC3CCCC3)n2)CC1. The van der Waals surface area contributed by atoms with Gasteiger partial charge in [-0.2, -0.15) is 4.98 Å². The Kier molecular flexibility index (Phi) is 3.93. The zero-order valence-electron chi connectivity index (χ0n) is 11.0. The van der Waals surface area contributed by atoms with Crippen LogP contribution in [0.15, 0.2) is 4.52 Å². The molecule has 1 heterocycles. The summed E-state index contributed by atoms with van der Waals surface area (Å²) in [5.74, 6) is 2.25. The van der Waals surface area contributed by atoms with E-state index >= 15 is 0 Å². The van der Waals surface area contributed by atoms with E-state index in [4.69, 9.17) is 4.52 Å². The lowest BCUT2D eigenvalue weighted by molar-refractivity contribution is 0.343. The lowest BCUT2D eigenvalue weighted by Crippen LogP contribution is -2.25. The zero-order chi connectivity index (χ0) is 12.2. The minimum Gasteiger partial charge on any atom is -0.338 e. The molecule has 1 aromatic heterocycles. The Morgan fingerprint density at radius 2 is 1.72 bits per heavy atom. The maximum Gasteiger partial charge on any atom is 0.240 e. The number of nitrogens with zero attached hydrogens (tertiary/aromatic N) is 2. The van der Waals surface area contributed by atoms with Gasteiger partial charge in [-0.05, 0) is 25.7 Å². The quantitative estimate of drug-likeness (QED) is 0.890. The minimum absolute atomic E-state index is 0.544. The van der Waals surface area contributed by atoms with Crippen molar-refractivity contribution in [1.82, 2.24) is 15.5 Å². The van der Waals surface area contributed by atoms with Crippen LogP contribution < -0.4 is 5.32 Å². The van der Waals surface area contributed by atoms with Crippen molar-refractivity contribution in [3.05, 3.63) is 11.7 Å². The fraction of sp³-hybridized carbons (Fsp3) is 0.857. The summed E-state index contributed by atoms with van der Waals surface area (Å²) in [6, 6.07) is 0.662. The number of nitrogens with one attached hydrogen (secondary N) is 1. The molecule has 4 nitrogen and oxygen atoms in total. The van der Waals surface area contributed by atoms with Crippen molar-refractivity contribution in [2.45, 2.75) is 76.3 Å². The summed E-state index contributed by atoms with van der Waals surface area (Å²) in [5.41, 5.74) is 0. The number of aromatic nitrogens is 2. The molecule has 0 spiro atoms. The first-order valence-electron chi connectivity index (χ1n) is 7.47. The molecule has 1 N–H and O–H groups in total. The minimum atomic E-state index is 0.544. The molecular weight excluding hydrogens is 226 g/mol. The molecule has 2 saturated carbocycles. The summed E-state index contributed by atoms with van der Waals surface area (Å²) < 4.78 is 5.35. The average molecular weight is 249 g/mol. The largest absolute Gasteiger partial charge is 0.338 e. The molecule has 0 atom stereocenters. The second-order valence-electron chi connectivity index (χ2n) is 5.74.